The van der Waals surface area contributed by atoms with Crippen molar-refractivity contribution in [1.29, 1.82) is 0 Å². The molecule has 0 saturated carbocycles. The second kappa shape index (κ2) is 6.57. The van der Waals surface area contributed by atoms with Gasteiger partial charge in [-0.25, -0.2) is 13.4 Å². The summed E-state index contributed by atoms with van der Waals surface area (Å²) in [7, 11) is -2.94. The van der Waals surface area contributed by atoms with Crippen LogP contribution in [-0.4, -0.2) is 35.9 Å². The van der Waals surface area contributed by atoms with Gasteiger partial charge < -0.3 is 10.6 Å². The van der Waals surface area contributed by atoms with Crippen LogP contribution in [0.3, 0.4) is 0 Å². The van der Waals surface area contributed by atoms with Gasteiger partial charge in [0.05, 0.1) is 11.5 Å². The standard InChI is InChI=1S/C16H19ClN4O2S/c1-10-3-4-12(17)8-14(10)20-15-7-11(2)18-16(21-15)19-13-5-6-24(22,23)9-13/h3-4,7-8,13H,5-6,9H2,1-2H3,(H2,18,19,20,21). The van der Waals surface area contributed by atoms with Gasteiger partial charge in [-0.2, -0.15) is 4.98 Å². The van der Waals surface area contributed by atoms with Gasteiger partial charge in [-0.1, -0.05) is 17.7 Å². The third kappa shape index (κ3) is 4.15. The van der Waals surface area contributed by atoms with Gasteiger partial charge in [-0.15, -0.1) is 0 Å². The van der Waals surface area contributed by atoms with Crippen LogP contribution in [0.4, 0.5) is 17.5 Å². The fraction of sp³-hybridized carbons (Fsp3) is 0.375. The molecule has 6 nitrogen and oxygen atoms in total. The number of benzene rings is 1. The second-order valence-corrected chi connectivity index (χ2v) is 8.71. The van der Waals surface area contributed by atoms with Gasteiger partial charge in [-0.05, 0) is 38.0 Å². The van der Waals surface area contributed by atoms with E-state index in [0.29, 0.717) is 23.2 Å². The first-order valence-electron chi connectivity index (χ1n) is 7.66. The van der Waals surface area contributed by atoms with Crippen molar-refractivity contribution >= 4 is 38.9 Å². The van der Waals surface area contributed by atoms with E-state index in [2.05, 4.69) is 20.6 Å². The van der Waals surface area contributed by atoms with Gasteiger partial charge in [0.15, 0.2) is 9.84 Å². The SMILES string of the molecule is Cc1cc(Nc2cc(Cl)ccc2C)nc(NC2CCS(=O)(=O)C2)n1. The molecule has 1 unspecified atom stereocenters. The Hall–Kier alpha value is -1.86. The van der Waals surface area contributed by atoms with Gasteiger partial charge in [0.1, 0.15) is 5.82 Å². The zero-order valence-electron chi connectivity index (χ0n) is 13.5. The zero-order valence-corrected chi connectivity index (χ0v) is 15.1. The van der Waals surface area contributed by atoms with Crippen molar-refractivity contribution in [3.63, 3.8) is 0 Å². The molecule has 2 heterocycles. The molecule has 2 N–H and O–H groups in total. The number of halogens is 1. The summed E-state index contributed by atoms with van der Waals surface area (Å²) in [6.07, 6.45) is 0.579. The van der Waals surface area contributed by atoms with Crippen LogP contribution in [0.25, 0.3) is 0 Å². The average molecular weight is 367 g/mol. The maximum absolute atomic E-state index is 11.6. The van der Waals surface area contributed by atoms with Crippen molar-refractivity contribution < 1.29 is 8.42 Å². The Morgan fingerprint density at radius 3 is 2.71 bits per heavy atom. The molecule has 0 radical (unpaired) electrons. The van der Waals surface area contributed by atoms with E-state index in [9.17, 15) is 8.42 Å². The first kappa shape index (κ1) is 17.0. The Balaban J connectivity index is 1.80. The monoisotopic (exact) mass is 366 g/mol. The highest BCUT2D eigenvalue weighted by molar-refractivity contribution is 7.91. The number of nitrogens with one attached hydrogen (secondary N) is 2. The summed E-state index contributed by atoms with van der Waals surface area (Å²) in [6.45, 7) is 3.85. The first-order valence-corrected chi connectivity index (χ1v) is 9.86. The highest BCUT2D eigenvalue weighted by Crippen LogP contribution is 2.24. The molecule has 1 aromatic carbocycles. The molecular weight excluding hydrogens is 348 g/mol. The lowest BCUT2D eigenvalue weighted by Gasteiger charge is -2.14. The maximum atomic E-state index is 11.6. The largest absolute Gasteiger partial charge is 0.350 e. The molecule has 0 spiro atoms. The van der Waals surface area contributed by atoms with E-state index in [4.69, 9.17) is 11.6 Å². The molecule has 1 saturated heterocycles. The fourth-order valence-corrected chi connectivity index (χ4v) is 4.50. The molecule has 1 aromatic heterocycles. The van der Waals surface area contributed by atoms with E-state index in [1.807, 2.05) is 38.1 Å². The summed E-state index contributed by atoms with van der Waals surface area (Å²) in [5, 5.41) is 7.01. The van der Waals surface area contributed by atoms with Gasteiger partial charge in [-0.3, -0.25) is 0 Å². The van der Waals surface area contributed by atoms with Crippen LogP contribution in [0.5, 0.6) is 0 Å². The van der Waals surface area contributed by atoms with E-state index in [1.54, 1.807) is 0 Å². The molecule has 8 heteroatoms. The van der Waals surface area contributed by atoms with Crippen LogP contribution < -0.4 is 10.6 Å². The molecule has 128 valence electrons. The Labute approximate surface area is 146 Å². The summed E-state index contributed by atoms with van der Waals surface area (Å²) in [5.74, 6) is 1.40. The van der Waals surface area contributed by atoms with Crippen LogP contribution in [-0.2, 0) is 9.84 Å². The van der Waals surface area contributed by atoms with Crippen LogP contribution in [0, 0.1) is 13.8 Å². The summed E-state index contributed by atoms with van der Waals surface area (Å²) >= 11 is 6.04. The lowest BCUT2D eigenvalue weighted by Crippen LogP contribution is -2.22. The van der Waals surface area contributed by atoms with Gasteiger partial charge in [0.25, 0.3) is 0 Å². The topological polar surface area (TPSA) is 84.0 Å². The molecule has 1 aliphatic rings. The minimum absolute atomic E-state index is 0.125. The second-order valence-electron chi connectivity index (χ2n) is 6.05. The van der Waals surface area contributed by atoms with Crippen molar-refractivity contribution in [2.75, 3.05) is 22.1 Å². The zero-order chi connectivity index (χ0) is 17.3. The molecule has 1 aliphatic heterocycles. The van der Waals surface area contributed by atoms with Gasteiger partial charge >= 0.3 is 0 Å². The van der Waals surface area contributed by atoms with Crippen LogP contribution in [0.1, 0.15) is 17.7 Å². The minimum atomic E-state index is -2.94. The van der Waals surface area contributed by atoms with Crippen molar-refractivity contribution in [3.05, 3.63) is 40.5 Å². The highest BCUT2D eigenvalue weighted by Gasteiger charge is 2.28. The van der Waals surface area contributed by atoms with Crippen LogP contribution in [0.15, 0.2) is 24.3 Å². The van der Waals surface area contributed by atoms with E-state index in [-0.39, 0.29) is 17.5 Å². The van der Waals surface area contributed by atoms with E-state index in [1.165, 1.54) is 0 Å². The van der Waals surface area contributed by atoms with Crippen LogP contribution >= 0.6 is 11.6 Å². The Morgan fingerprint density at radius 1 is 1.21 bits per heavy atom. The summed E-state index contributed by atoms with van der Waals surface area (Å²) in [6, 6.07) is 7.29. The molecule has 2 aromatic rings. The predicted octanol–water partition coefficient (Wildman–Crippen LogP) is 3.09. The van der Waals surface area contributed by atoms with Crippen molar-refractivity contribution in [1.82, 2.24) is 9.97 Å². The lowest BCUT2D eigenvalue weighted by molar-refractivity contribution is 0.602. The first-order chi connectivity index (χ1) is 11.3. The average Bonchev–Trinajstić information content (AvgIpc) is 2.81. The van der Waals surface area contributed by atoms with E-state index < -0.39 is 9.84 Å². The van der Waals surface area contributed by atoms with Crippen molar-refractivity contribution in [2.24, 2.45) is 0 Å². The molecular formula is C16H19ClN4O2S. The molecule has 1 fully saturated rings. The van der Waals surface area contributed by atoms with E-state index >= 15 is 0 Å². The van der Waals surface area contributed by atoms with E-state index in [0.717, 1.165) is 16.9 Å². The fourth-order valence-electron chi connectivity index (χ4n) is 2.66. The number of hydrogen-bond donors (Lipinski definition) is 2. The summed E-state index contributed by atoms with van der Waals surface area (Å²) in [4.78, 5) is 8.78. The number of sulfone groups is 1. The maximum Gasteiger partial charge on any atom is 0.225 e. The van der Waals surface area contributed by atoms with Gasteiger partial charge in [0.2, 0.25) is 5.95 Å². The Kier molecular flexibility index (Phi) is 4.64. The Morgan fingerprint density at radius 2 is 2.00 bits per heavy atom. The molecule has 3 rings (SSSR count). The van der Waals surface area contributed by atoms with Crippen molar-refractivity contribution in [2.45, 2.75) is 26.3 Å². The predicted molar refractivity (Wildman–Crippen MR) is 96.9 cm³/mol. The number of aromatic nitrogens is 2. The minimum Gasteiger partial charge on any atom is -0.350 e. The number of anilines is 3. The van der Waals surface area contributed by atoms with Gasteiger partial charge in [0, 0.05) is 28.5 Å². The number of aryl methyl sites for hydroxylation is 2. The molecule has 1 atom stereocenters. The molecule has 24 heavy (non-hydrogen) atoms. The third-order valence-corrected chi connectivity index (χ3v) is 5.89. The smallest absolute Gasteiger partial charge is 0.225 e. The number of hydrogen-bond acceptors (Lipinski definition) is 6. The summed E-state index contributed by atoms with van der Waals surface area (Å²) < 4.78 is 23.1. The normalized spacial score (nSPS) is 19.2. The third-order valence-electron chi connectivity index (χ3n) is 3.88. The molecule has 0 aliphatic carbocycles. The molecule has 0 bridgehead atoms. The van der Waals surface area contributed by atoms with Crippen LogP contribution in [0.2, 0.25) is 5.02 Å². The lowest BCUT2D eigenvalue weighted by atomic mass is 10.2. The Bertz CT molecular complexity index is 870. The number of rotatable bonds is 4. The quantitative estimate of drug-likeness (QED) is 0.865. The molecule has 0 amide bonds. The van der Waals surface area contributed by atoms with Crippen molar-refractivity contribution in [3.8, 4) is 0 Å². The highest BCUT2D eigenvalue weighted by atomic mass is 35.5. The number of nitrogens with zero attached hydrogens (tertiary/aromatic N) is 2. The summed E-state index contributed by atoms with van der Waals surface area (Å²) in [5.41, 5.74) is 2.71.